The molecule has 4 nitrogen and oxygen atoms in total. The van der Waals surface area contributed by atoms with Crippen molar-refractivity contribution in [1.82, 2.24) is 0 Å². The molecule has 1 aromatic carbocycles. The van der Waals surface area contributed by atoms with Crippen LogP contribution < -0.4 is 5.73 Å². The predicted molar refractivity (Wildman–Crippen MR) is 54.9 cm³/mol. The zero-order valence-electron chi connectivity index (χ0n) is 8.77. The van der Waals surface area contributed by atoms with Crippen molar-refractivity contribution in [3.05, 3.63) is 35.6 Å². The van der Waals surface area contributed by atoms with Gasteiger partial charge < -0.3 is 10.5 Å². The molecule has 5 heteroatoms. The van der Waals surface area contributed by atoms with Crippen LogP contribution in [0, 0.1) is 5.82 Å². The molecule has 0 radical (unpaired) electrons. The molecule has 16 heavy (non-hydrogen) atoms. The van der Waals surface area contributed by atoms with E-state index < -0.39 is 18.0 Å². The van der Waals surface area contributed by atoms with E-state index in [-0.39, 0.29) is 12.2 Å². The first-order valence-corrected chi connectivity index (χ1v) is 4.72. The van der Waals surface area contributed by atoms with Gasteiger partial charge in [-0.1, -0.05) is 12.1 Å². The third kappa shape index (κ3) is 3.68. The number of hydrogen-bond donors (Lipinski definition) is 1. The van der Waals surface area contributed by atoms with Crippen LogP contribution in [0.5, 0.6) is 0 Å². The lowest BCUT2D eigenvalue weighted by Crippen LogP contribution is -2.30. The van der Waals surface area contributed by atoms with Crippen LogP contribution in [0.1, 0.15) is 12.5 Å². The molecule has 0 aromatic heterocycles. The second kappa shape index (κ2) is 5.25. The van der Waals surface area contributed by atoms with Gasteiger partial charge in [0.2, 0.25) is 0 Å². The fraction of sp³-hybridized carbons (Fsp3) is 0.273. The summed E-state index contributed by atoms with van der Waals surface area (Å²) in [4.78, 5) is 21.9. The number of primary amides is 1. The summed E-state index contributed by atoms with van der Waals surface area (Å²) in [5.41, 5.74) is 5.55. The predicted octanol–water partition coefficient (Wildman–Crippen LogP) is 0.785. The largest absolute Gasteiger partial charge is 0.452 e. The van der Waals surface area contributed by atoms with Crippen LogP contribution >= 0.6 is 0 Å². The molecule has 86 valence electrons. The molecule has 0 aliphatic rings. The first-order valence-electron chi connectivity index (χ1n) is 4.72. The molecule has 0 unspecified atom stereocenters. The van der Waals surface area contributed by atoms with Crippen LogP contribution in [0.25, 0.3) is 0 Å². The molecule has 0 saturated heterocycles. The minimum absolute atomic E-state index is 0.0160. The van der Waals surface area contributed by atoms with E-state index >= 15 is 0 Å². The highest BCUT2D eigenvalue weighted by Crippen LogP contribution is 2.05. The van der Waals surface area contributed by atoms with Gasteiger partial charge in [-0.2, -0.15) is 0 Å². The summed E-state index contributed by atoms with van der Waals surface area (Å²) < 4.78 is 17.3. The van der Waals surface area contributed by atoms with Crippen LogP contribution in [0.2, 0.25) is 0 Å². The lowest BCUT2D eigenvalue weighted by molar-refractivity contribution is -0.153. The second-order valence-corrected chi connectivity index (χ2v) is 3.34. The summed E-state index contributed by atoms with van der Waals surface area (Å²) in [5, 5.41) is 0. The average Bonchev–Trinajstić information content (AvgIpc) is 2.21. The SMILES string of the molecule is C[C@@H](OC(=O)Cc1ccc(F)cc1)C(N)=O. The van der Waals surface area contributed by atoms with E-state index in [1.165, 1.54) is 31.2 Å². The van der Waals surface area contributed by atoms with E-state index in [0.717, 1.165) is 0 Å². The number of esters is 1. The van der Waals surface area contributed by atoms with Gasteiger partial charge in [-0.15, -0.1) is 0 Å². The Morgan fingerprint density at radius 1 is 1.38 bits per heavy atom. The van der Waals surface area contributed by atoms with Gasteiger partial charge in [0.1, 0.15) is 5.82 Å². The van der Waals surface area contributed by atoms with E-state index in [4.69, 9.17) is 10.5 Å². The number of nitrogens with two attached hydrogens (primary N) is 1. The third-order valence-corrected chi connectivity index (χ3v) is 1.97. The van der Waals surface area contributed by atoms with Crippen molar-refractivity contribution in [2.75, 3.05) is 0 Å². The lowest BCUT2D eigenvalue weighted by Gasteiger charge is -2.09. The van der Waals surface area contributed by atoms with Gasteiger partial charge in [-0.05, 0) is 24.6 Å². The molecule has 1 aromatic rings. The Bertz CT molecular complexity index is 389. The van der Waals surface area contributed by atoms with Crippen molar-refractivity contribution in [3.63, 3.8) is 0 Å². The minimum atomic E-state index is -0.951. The van der Waals surface area contributed by atoms with Gasteiger partial charge in [-0.25, -0.2) is 4.39 Å². The Labute approximate surface area is 92.2 Å². The van der Waals surface area contributed by atoms with Crippen molar-refractivity contribution < 1.29 is 18.7 Å². The van der Waals surface area contributed by atoms with Crippen LogP contribution in [0.15, 0.2) is 24.3 Å². The average molecular weight is 225 g/mol. The number of amides is 1. The van der Waals surface area contributed by atoms with Gasteiger partial charge in [-0.3, -0.25) is 9.59 Å². The Kier molecular flexibility index (Phi) is 3.99. The molecule has 1 amide bonds. The molecule has 0 aliphatic heterocycles. The standard InChI is InChI=1S/C11H12FNO3/c1-7(11(13)15)16-10(14)6-8-2-4-9(12)5-3-8/h2-5,7H,6H2,1H3,(H2,13,15)/t7-/m1/s1. The number of rotatable bonds is 4. The molecular formula is C11H12FNO3. The van der Waals surface area contributed by atoms with E-state index in [2.05, 4.69) is 0 Å². The van der Waals surface area contributed by atoms with E-state index in [0.29, 0.717) is 5.56 Å². The number of carbonyl (C=O) groups excluding carboxylic acids is 2. The van der Waals surface area contributed by atoms with Crippen LogP contribution in [-0.4, -0.2) is 18.0 Å². The normalized spacial score (nSPS) is 11.9. The number of carbonyl (C=O) groups is 2. The van der Waals surface area contributed by atoms with Crippen molar-refractivity contribution in [1.29, 1.82) is 0 Å². The van der Waals surface area contributed by atoms with Crippen molar-refractivity contribution in [2.24, 2.45) is 5.73 Å². The van der Waals surface area contributed by atoms with Crippen LogP contribution in [-0.2, 0) is 20.7 Å². The zero-order chi connectivity index (χ0) is 12.1. The van der Waals surface area contributed by atoms with Crippen LogP contribution in [0.3, 0.4) is 0 Å². The summed E-state index contributed by atoms with van der Waals surface area (Å²) in [6.45, 7) is 1.39. The topological polar surface area (TPSA) is 69.4 Å². The molecule has 2 N–H and O–H groups in total. The number of hydrogen-bond acceptors (Lipinski definition) is 3. The number of halogens is 1. The quantitative estimate of drug-likeness (QED) is 0.770. The van der Waals surface area contributed by atoms with Crippen molar-refractivity contribution >= 4 is 11.9 Å². The van der Waals surface area contributed by atoms with Gasteiger partial charge in [0, 0.05) is 0 Å². The lowest BCUT2D eigenvalue weighted by atomic mass is 10.1. The van der Waals surface area contributed by atoms with Crippen LogP contribution in [0.4, 0.5) is 4.39 Å². The molecule has 1 atom stereocenters. The summed E-state index contributed by atoms with van der Waals surface area (Å²) in [5.74, 6) is -1.65. The summed E-state index contributed by atoms with van der Waals surface area (Å²) in [6.07, 6.45) is -0.967. The van der Waals surface area contributed by atoms with Crippen molar-refractivity contribution in [2.45, 2.75) is 19.4 Å². The molecule has 1 rings (SSSR count). The maximum atomic E-state index is 12.6. The first-order chi connectivity index (χ1) is 7.49. The van der Waals surface area contributed by atoms with Gasteiger partial charge in [0.05, 0.1) is 6.42 Å². The molecule has 0 heterocycles. The molecule has 0 saturated carbocycles. The monoisotopic (exact) mass is 225 g/mol. The fourth-order valence-electron chi connectivity index (χ4n) is 1.07. The maximum absolute atomic E-state index is 12.6. The molecular weight excluding hydrogens is 213 g/mol. The van der Waals surface area contributed by atoms with Crippen molar-refractivity contribution in [3.8, 4) is 0 Å². The highest BCUT2D eigenvalue weighted by molar-refractivity contribution is 5.82. The summed E-state index contributed by atoms with van der Waals surface area (Å²) >= 11 is 0. The van der Waals surface area contributed by atoms with Gasteiger partial charge >= 0.3 is 5.97 Å². The van der Waals surface area contributed by atoms with Gasteiger partial charge in [0.15, 0.2) is 6.10 Å². The van der Waals surface area contributed by atoms with E-state index in [1.807, 2.05) is 0 Å². The molecule has 0 bridgehead atoms. The highest BCUT2D eigenvalue weighted by atomic mass is 19.1. The second-order valence-electron chi connectivity index (χ2n) is 3.34. The fourth-order valence-corrected chi connectivity index (χ4v) is 1.07. The Morgan fingerprint density at radius 3 is 2.44 bits per heavy atom. The molecule has 0 aliphatic carbocycles. The molecule has 0 fully saturated rings. The van der Waals surface area contributed by atoms with E-state index in [1.54, 1.807) is 0 Å². The summed E-state index contributed by atoms with van der Waals surface area (Å²) in [7, 11) is 0. The third-order valence-electron chi connectivity index (χ3n) is 1.97. The first kappa shape index (κ1) is 12.2. The Morgan fingerprint density at radius 2 is 1.94 bits per heavy atom. The van der Waals surface area contributed by atoms with Gasteiger partial charge in [0.25, 0.3) is 5.91 Å². The molecule has 0 spiro atoms. The smallest absolute Gasteiger partial charge is 0.311 e. The Hall–Kier alpha value is -1.91. The maximum Gasteiger partial charge on any atom is 0.311 e. The Balaban J connectivity index is 2.52. The zero-order valence-corrected chi connectivity index (χ0v) is 8.77. The number of ether oxygens (including phenoxy) is 1. The highest BCUT2D eigenvalue weighted by Gasteiger charge is 2.14. The summed E-state index contributed by atoms with van der Waals surface area (Å²) in [6, 6.07) is 5.46. The minimum Gasteiger partial charge on any atom is -0.452 e. The van der Waals surface area contributed by atoms with E-state index in [9.17, 15) is 14.0 Å². The number of benzene rings is 1.